The molecule has 1 heterocycles. The number of aromatic carboxylic acids is 1. The first kappa shape index (κ1) is 15.7. The topological polar surface area (TPSA) is 91.3 Å². The molecular formula is C10H9F4N3O3. The van der Waals surface area contributed by atoms with Crippen LogP contribution in [0.3, 0.4) is 0 Å². The number of amides is 2. The van der Waals surface area contributed by atoms with E-state index in [0.29, 0.717) is 0 Å². The van der Waals surface area contributed by atoms with Gasteiger partial charge in [0.15, 0.2) is 0 Å². The van der Waals surface area contributed by atoms with Gasteiger partial charge in [0.2, 0.25) is 0 Å². The maximum absolute atomic E-state index is 12.5. The molecule has 0 bridgehead atoms. The van der Waals surface area contributed by atoms with E-state index in [9.17, 15) is 27.2 Å². The van der Waals surface area contributed by atoms with E-state index in [1.54, 1.807) is 5.32 Å². The second-order valence-electron chi connectivity index (χ2n) is 3.64. The van der Waals surface area contributed by atoms with Crippen molar-refractivity contribution in [3.63, 3.8) is 0 Å². The number of anilines is 1. The smallest absolute Gasteiger partial charge is 0.337 e. The Labute approximate surface area is 109 Å². The van der Waals surface area contributed by atoms with Gasteiger partial charge in [0.25, 0.3) is 0 Å². The minimum atomic E-state index is -4.35. The van der Waals surface area contributed by atoms with E-state index < -0.39 is 30.9 Å². The molecule has 0 saturated heterocycles. The summed E-state index contributed by atoms with van der Waals surface area (Å²) in [4.78, 5) is 25.3. The normalized spacial score (nSPS) is 11.2. The predicted molar refractivity (Wildman–Crippen MR) is 59.2 cm³/mol. The lowest BCUT2D eigenvalue weighted by Gasteiger charge is -2.16. The minimum absolute atomic E-state index is 0.0808. The number of carboxylic acids is 1. The highest BCUT2D eigenvalue weighted by molar-refractivity contribution is 5.92. The van der Waals surface area contributed by atoms with Gasteiger partial charge in [0.05, 0.1) is 24.0 Å². The van der Waals surface area contributed by atoms with E-state index >= 15 is 0 Å². The van der Waals surface area contributed by atoms with E-state index in [-0.39, 0.29) is 11.3 Å². The molecule has 10 heteroatoms. The van der Waals surface area contributed by atoms with E-state index in [2.05, 4.69) is 4.98 Å². The van der Waals surface area contributed by atoms with Gasteiger partial charge < -0.3 is 15.7 Å². The Kier molecular flexibility index (Phi) is 4.83. The van der Waals surface area contributed by atoms with Crippen molar-refractivity contribution in [3.8, 4) is 0 Å². The van der Waals surface area contributed by atoms with Gasteiger partial charge in [-0.25, -0.2) is 18.4 Å². The molecule has 3 N–H and O–H groups in total. The molecule has 2 amide bonds. The largest absolute Gasteiger partial charge is 0.478 e. The molecule has 0 aliphatic heterocycles. The molecule has 0 unspecified atom stereocenters. The standard InChI is InChI=1S/C10H9F4N3O3/c11-8(12)10(13,14)4-16-9(20)17-6-1-5(7(18)19)2-15-3-6/h1-3,8H,4H2,(H,18,19)(H2,16,17,20). The Balaban J connectivity index is 2.59. The summed E-state index contributed by atoms with van der Waals surface area (Å²) < 4.78 is 48.7. The molecule has 0 aliphatic carbocycles. The van der Waals surface area contributed by atoms with Gasteiger partial charge >= 0.3 is 24.3 Å². The number of carbonyl (C=O) groups excluding carboxylic acids is 1. The summed E-state index contributed by atoms with van der Waals surface area (Å²) >= 11 is 0. The van der Waals surface area contributed by atoms with Gasteiger partial charge in [-0.1, -0.05) is 0 Å². The lowest BCUT2D eigenvalue weighted by atomic mass is 10.2. The number of nitrogens with one attached hydrogen (secondary N) is 2. The molecule has 0 spiro atoms. The first-order valence-corrected chi connectivity index (χ1v) is 5.11. The van der Waals surface area contributed by atoms with E-state index in [0.717, 1.165) is 18.5 Å². The Morgan fingerprint density at radius 3 is 2.55 bits per heavy atom. The van der Waals surface area contributed by atoms with Crippen molar-refractivity contribution in [3.05, 3.63) is 24.0 Å². The number of carboxylic acid groups (broad SMARTS) is 1. The third kappa shape index (κ3) is 4.37. The van der Waals surface area contributed by atoms with Gasteiger partial charge in [-0.3, -0.25) is 4.98 Å². The first-order chi connectivity index (χ1) is 9.22. The fourth-order valence-corrected chi connectivity index (χ4v) is 1.08. The molecule has 0 radical (unpaired) electrons. The van der Waals surface area contributed by atoms with E-state index in [1.165, 1.54) is 0 Å². The second kappa shape index (κ2) is 6.17. The van der Waals surface area contributed by atoms with Crippen LogP contribution in [0.2, 0.25) is 0 Å². The van der Waals surface area contributed by atoms with Gasteiger partial charge in [-0.15, -0.1) is 0 Å². The van der Waals surface area contributed by atoms with Crippen LogP contribution in [-0.2, 0) is 0 Å². The zero-order chi connectivity index (χ0) is 15.3. The summed E-state index contributed by atoms with van der Waals surface area (Å²) in [5.74, 6) is -5.65. The molecule has 0 aromatic carbocycles. The number of hydrogen-bond donors (Lipinski definition) is 3. The average Bonchev–Trinajstić information content (AvgIpc) is 2.36. The van der Waals surface area contributed by atoms with Crippen LogP contribution in [0.1, 0.15) is 10.4 Å². The van der Waals surface area contributed by atoms with E-state index in [4.69, 9.17) is 5.11 Å². The summed E-state index contributed by atoms with van der Waals surface area (Å²) in [7, 11) is 0. The predicted octanol–water partition coefficient (Wildman–Crippen LogP) is 1.80. The molecule has 6 nitrogen and oxygen atoms in total. The maximum atomic E-state index is 12.5. The fraction of sp³-hybridized carbons (Fsp3) is 0.300. The molecule has 1 aromatic rings. The van der Waals surface area contributed by atoms with Crippen molar-refractivity contribution in [1.29, 1.82) is 0 Å². The highest BCUT2D eigenvalue weighted by Gasteiger charge is 2.40. The Bertz CT molecular complexity index is 510. The highest BCUT2D eigenvalue weighted by atomic mass is 19.3. The lowest BCUT2D eigenvalue weighted by Crippen LogP contribution is -2.43. The maximum Gasteiger partial charge on any atom is 0.337 e. The van der Waals surface area contributed by atoms with Gasteiger partial charge in [-0.2, -0.15) is 8.78 Å². The van der Waals surface area contributed by atoms with Gasteiger partial charge in [0.1, 0.15) is 0 Å². The fourth-order valence-electron chi connectivity index (χ4n) is 1.08. The number of aromatic nitrogens is 1. The van der Waals surface area contributed by atoms with Crippen LogP contribution in [0.4, 0.5) is 28.0 Å². The summed E-state index contributed by atoms with van der Waals surface area (Å²) in [5.41, 5.74) is -0.316. The van der Waals surface area contributed by atoms with Gasteiger partial charge in [-0.05, 0) is 6.07 Å². The van der Waals surface area contributed by atoms with Crippen LogP contribution in [0, 0.1) is 0 Å². The molecule has 0 aliphatic rings. The molecule has 0 fully saturated rings. The van der Waals surface area contributed by atoms with Crippen molar-refractivity contribution in [2.45, 2.75) is 12.3 Å². The highest BCUT2D eigenvalue weighted by Crippen LogP contribution is 2.21. The summed E-state index contributed by atoms with van der Waals surface area (Å²) in [6, 6.07) is -0.158. The molecule has 1 aromatic heterocycles. The Morgan fingerprint density at radius 2 is 2.00 bits per heavy atom. The number of pyridine rings is 1. The number of halogens is 4. The molecular weight excluding hydrogens is 286 g/mol. The van der Waals surface area contributed by atoms with Gasteiger partial charge in [0, 0.05) is 6.20 Å². The average molecular weight is 295 g/mol. The first-order valence-electron chi connectivity index (χ1n) is 5.11. The SMILES string of the molecule is O=C(NCC(F)(F)C(F)F)Nc1cncc(C(=O)O)c1. The lowest BCUT2D eigenvalue weighted by molar-refractivity contribution is -0.123. The number of urea groups is 1. The molecule has 0 saturated carbocycles. The van der Waals surface area contributed by atoms with Crippen molar-refractivity contribution in [2.75, 3.05) is 11.9 Å². The van der Waals surface area contributed by atoms with Crippen LogP contribution < -0.4 is 10.6 Å². The van der Waals surface area contributed by atoms with Crippen LogP contribution in [0.15, 0.2) is 18.5 Å². The summed E-state index contributed by atoms with van der Waals surface area (Å²) in [6.07, 6.45) is -1.83. The molecule has 1 rings (SSSR count). The van der Waals surface area contributed by atoms with Crippen LogP contribution in [0.25, 0.3) is 0 Å². The van der Waals surface area contributed by atoms with Crippen molar-refractivity contribution in [1.82, 2.24) is 10.3 Å². The number of nitrogens with zero attached hydrogens (tertiary/aromatic N) is 1. The number of hydrogen-bond acceptors (Lipinski definition) is 3. The second-order valence-corrected chi connectivity index (χ2v) is 3.64. The number of alkyl halides is 4. The van der Waals surface area contributed by atoms with Crippen LogP contribution >= 0.6 is 0 Å². The third-order valence-corrected chi connectivity index (χ3v) is 2.05. The van der Waals surface area contributed by atoms with Crippen molar-refractivity contribution >= 4 is 17.7 Å². The number of carbonyl (C=O) groups is 2. The third-order valence-electron chi connectivity index (χ3n) is 2.05. The quantitative estimate of drug-likeness (QED) is 0.722. The van der Waals surface area contributed by atoms with Crippen molar-refractivity contribution < 1.29 is 32.3 Å². The van der Waals surface area contributed by atoms with Crippen LogP contribution in [-0.4, -0.2) is 41.0 Å². The Morgan fingerprint density at radius 1 is 1.35 bits per heavy atom. The van der Waals surface area contributed by atoms with Crippen LogP contribution in [0.5, 0.6) is 0 Å². The number of rotatable bonds is 5. The summed E-state index contributed by atoms with van der Waals surface area (Å²) in [6.45, 7) is -1.55. The molecule has 0 atom stereocenters. The zero-order valence-corrected chi connectivity index (χ0v) is 9.74. The summed E-state index contributed by atoms with van der Waals surface area (Å²) in [5, 5.41) is 12.2. The van der Waals surface area contributed by atoms with Crippen molar-refractivity contribution in [2.24, 2.45) is 0 Å². The minimum Gasteiger partial charge on any atom is -0.478 e. The molecule has 20 heavy (non-hydrogen) atoms. The Hall–Kier alpha value is -2.39. The van der Waals surface area contributed by atoms with E-state index in [1.807, 2.05) is 5.32 Å². The zero-order valence-electron chi connectivity index (χ0n) is 9.74. The molecule has 110 valence electrons. The monoisotopic (exact) mass is 295 g/mol.